The average Bonchev–Trinajstić information content (AvgIpc) is 2.72. The maximum Gasteiger partial charge on any atom is 0.335 e. The topological polar surface area (TPSA) is 89.9 Å². The van der Waals surface area contributed by atoms with E-state index in [9.17, 15) is 14.4 Å². The fraction of sp³-hybridized carbons (Fsp3) is 0.208. The van der Waals surface area contributed by atoms with Gasteiger partial charge in [-0.3, -0.25) is 4.79 Å². The first-order chi connectivity index (χ1) is 14.1. The van der Waals surface area contributed by atoms with Crippen molar-refractivity contribution >= 4 is 17.9 Å². The van der Waals surface area contributed by atoms with Gasteiger partial charge >= 0.3 is 17.9 Å². The average molecular weight is 408 g/mol. The van der Waals surface area contributed by atoms with E-state index < -0.39 is 23.8 Å². The Hall–Kier alpha value is -3.67. The van der Waals surface area contributed by atoms with Gasteiger partial charge in [0, 0.05) is 17.6 Å². The molecule has 0 aliphatic heterocycles. The molecule has 156 valence electrons. The molecule has 6 nitrogen and oxygen atoms in total. The predicted octanol–water partition coefficient (Wildman–Crippen LogP) is 4.29. The van der Waals surface area contributed by atoms with Crippen molar-refractivity contribution in [3.63, 3.8) is 0 Å². The molecule has 0 bridgehead atoms. The van der Waals surface area contributed by atoms with Crippen molar-refractivity contribution in [1.29, 1.82) is 0 Å². The lowest BCUT2D eigenvalue weighted by Crippen LogP contribution is -2.19. The van der Waals surface area contributed by atoms with Gasteiger partial charge in [-0.15, -0.1) is 0 Å². The molecule has 30 heavy (non-hydrogen) atoms. The van der Waals surface area contributed by atoms with Crippen LogP contribution >= 0.6 is 0 Å². The Kier molecular flexibility index (Phi) is 7.31. The molecule has 0 aliphatic carbocycles. The number of aliphatic carboxylic acids is 1. The standard InChI is InChI=1S/C24H24O6/c1-5-21(25)29-19-11-7-17(8-12-19)24(3,4)18-9-13-20(14-10-18)30-22(26)15-6-16(2)23(27)28/h5-16H,1H2,2-4H3,(H,27,28). The number of carbonyl (C=O) groups excluding carboxylic acids is 2. The van der Waals surface area contributed by atoms with Gasteiger partial charge < -0.3 is 14.6 Å². The Morgan fingerprint density at radius 3 is 1.73 bits per heavy atom. The van der Waals surface area contributed by atoms with Gasteiger partial charge in [0.1, 0.15) is 11.5 Å². The monoisotopic (exact) mass is 408 g/mol. The van der Waals surface area contributed by atoms with Gasteiger partial charge in [-0.2, -0.15) is 0 Å². The minimum atomic E-state index is -1.02. The molecule has 1 N–H and O–H groups in total. The first-order valence-corrected chi connectivity index (χ1v) is 9.31. The van der Waals surface area contributed by atoms with Crippen LogP contribution in [0.25, 0.3) is 0 Å². The van der Waals surface area contributed by atoms with E-state index in [1.165, 1.54) is 13.0 Å². The Bertz CT molecular complexity index is 952. The summed E-state index contributed by atoms with van der Waals surface area (Å²) in [6.07, 6.45) is 3.49. The van der Waals surface area contributed by atoms with E-state index in [2.05, 4.69) is 20.4 Å². The highest BCUT2D eigenvalue weighted by molar-refractivity contribution is 5.85. The van der Waals surface area contributed by atoms with Crippen LogP contribution in [0.15, 0.2) is 73.3 Å². The van der Waals surface area contributed by atoms with Gasteiger partial charge in [-0.05, 0) is 42.3 Å². The number of esters is 2. The summed E-state index contributed by atoms with van der Waals surface area (Å²) in [7, 11) is 0. The van der Waals surface area contributed by atoms with Gasteiger partial charge in [-0.25, -0.2) is 9.59 Å². The van der Waals surface area contributed by atoms with Crippen LogP contribution < -0.4 is 9.47 Å². The van der Waals surface area contributed by atoms with Crippen LogP contribution in [0.5, 0.6) is 11.5 Å². The minimum Gasteiger partial charge on any atom is -0.481 e. The van der Waals surface area contributed by atoms with Crippen LogP contribution in [0.1, 0.15) is 31.9 Å². The molecule has 0 amide bonds. The molecule has 0 spiro atoms. The highest BCUT2D eigenvalue weighted by Crippen LogP contribution is 2.33. The number of carboxylic acid groups (broad SMARTS) is 1. The first-order valence-electron chi connectivity index (χ1n) is 9.31. The maximum atomic E-state index is 11.8. The van der Waals surface area contributed by atoms with Crippen LogP contribution in [0, 0.1) is 5.92 Å². The number of carbonyl (C=O) groups is 3. The predicted molar refractivity (Wildman–Crippen MR) is 112 cm³/mol. The molecule has 0 saturated heterocycles. The second kappa shape index (κ2) is 9.69. The van der Waals surface area contributed by atoms with E-state index in [4.69, 9.17) is 14.6 Å². The molecule has 0 fully saturated rings. The summed E-state index contributed by atoms with van der Waals surface area (Å²) in [5.41, 5.74) is 1.66. The Morgan fingerprint density at radius 1 is 0.900 bits per heavy atom. The molecule has 0 aromatic heterocycles. The second-order valence-electron chi connectivity index (χ2n) is 7.21. The van der Waals surface area contributed by atoms with Gasteiger partial charge in [0.05, 0.1) is 5.92 Å². The summed E-state index contributed by atoms with van der Waals surface area (Å²) in [6, 6.07) is 14.3. The van der Waals surface area contributed by atoms with Crippen molar-refractivity contribution < 1.29 is 29.0 Å². The highest BCUT2D eigenvalue weighted by Gasteiger charge is 2.23. The summed E-state index contributed by atoms with van der Waals surface area (Å²) in [5, 5.41) is 8.82. The molecule has 0 saturated carbocycles. The smallest absolute Gasteiger partial charge is 0.335 e. The molecule has 0 heterocycles. The number of carboxylic acids is 1. The molecule has 1 unspecified atom stereocenters. The van der Waals surface area contributed by atoms with Crippen molar-refractivity contribution in [3.8, 4) is 11.5 Å². The van der Waals surface area contributed by atoms with Crippen molar-refractivity contribution in [2.45, 2.75) is 26.2 Å². The fourth-order valence-electron chi connectivity index (χ4n) is 2.66. The third kappa shape index (κ3) is 5.91. The summed E-state index contributed by atoms with van der Waals surface area (Å²) in [6.45, 7) is 8.94. The second-order valence-corrected chi connectivity index (χ2v) is 7.21. The Balaban J connectivity index is 2.08. The third-order valence-electron chi connectivity index (χ3n) is 4.67. The summed E-state index contributed by atoms with van der Waals surface area (Å²) >= 11 is 0. The lowest BCUT2D eigenvalue weighted by atomic mass is 9.78. The van der Waals surface area contributed by atoms with E-state index >= 15 is 0 Å². The van der Waals surface area contributed by atoms with Crippen LogP contribution in [0.2, 0.25) is 0 Å². The minimum absolute atomic E-state index is 0.347. The zero-order valence-corrected chi connectivity index (χ0v) is 17.1. The number of benzene rings is 2. The fourth-order valence-corrected chi connectivity index (χ4v) is 2.66. The molecular weight excluding hydrogens is 384 g/mol. The van der Waals surface area contributed by atoms with Gasteiger partial charge in [0.25, 0.3) is 0 Å². The molecule has 1 atom stereocenters. The van der Waals surface area contributed by atoms with Crippen molar-refractivity contribution in [1.82, 2.24) is 0 Å². The van der Waals surface area contributed by atoms with Crippen molar-refractivity contribution in [2.75, 3.05) is 0 Å². The van der Waals surface area contributed by atoms with Gasteiger partial charge in [-0.1, -0.05) is 50.8 Å². The molecule has 2 rings (SSSR count). The summed E-state index contributed by atoms with van der Waals surface area (Å²) in [5.74, 6) is -2.14. The Labute approximate surface area is 175 Å². The summed E-state index contributed by atoms with van der Waals surface area (Å²) < 4.78 is 10.3. The zero-order valence-electron chi connectivity index (χ0n) is 17.1. The number of rotatable bonds is 8. The number of hydrogen-bond donors (Lipinski definition) is 1. The number of hydrogen-bond acceptors (Lipinski definition) is 5. The van der Waals surface area contributed by atoms with E-state index in [-0.39, 0.29) is 5.41 Å². The van der Waals surface area contributed by atoms with Crippen LogP contribution in [0.4, 0.5) is 0 Å². The molecular formula is C24H24O6. The van der Waals surface area contributed by atoms with Crippen molar-refractivity contribution in [3.05, 3.63) is 84.5 Å². The molecule has 2 aromatic carbocycles. The zero-order chi connectivity index (χ0) is 22.3. The molecule has 2 aromatic rings. The van der Waals surface area contributed by atoms with Gasteiger partial charge in [0.15, 0.2) is 0 Å². The van der Waals surface area contributed by atoms with E-state index in [0.29, 0.717) is 11.5 Å². The Morgan fingerprint density at radius 2 is 1.33 bits per heavy atom. The van der Waals surface area contributed by atoms with E-state index in [1.807, 2.05) is 24.3 Å². The maximum absolute atomic E-state index is 11.8. The van der Waals surface area contributed by atoms with E-state index in [1.54, 1.807) is 24.3 Å². The highest BCUT2D eigenvalue weighted by atomic mass is 16.5. The molecule has 6 heteroatoms. The lowest BCUT2D eigenvalue weighted by molar-refractivity contribution is -0.139. The van der Waals surface area contributed by atoms with Crippen LogP contribution in [0.3, 0.4) is 0 Å². The summed E-state index contributed by atoms with van der Waals surface area (Å²) in [4.78, 5) is 33.9. The largest absolute Gasteiger partial charge is 0.481 e. The van der Waals surface area contributed by atoms with Gasteiger partial charge in [0.2, 0.25) is 0 Å². The van der Waals surface area contributed by atoms with E-state index in [0.717, 1.165) is 23.3 Å². The van der Waals surface area contributed by atoms with Crippen LogP contribution in [-0.2, 0) is 19.8 Å². The van der Waals surface area contributed by atoms with Crippen LogP contribution in [-0.4, -0.2) is 23.0 Å². The molecule has 0 radical (unpaired) electrons. The molecule has 0 aliphatic rings. The quantitative estimate of drug-likeness (QED) is 0.398. The third-order valence-corrected chi connectivity index (χ3v) is 4.67. The van der Waals surface area contributed by atoms with Crippen molar-refractivity contribution in [2.24, 2.45) is 5.92 Å². The SMILES string of the molecule is C=CC(=O)Oc1ccc(C(C)(C)c2ccc(OC(=O)C=CC(C)C(=O)O)cc2)cc1. The number of ether oxygens (including phenoxy) is 2. The normalized spacial score (nSPS) is 12.2. The lowest BCUT2D eigenvalue weighted by Gasteiger charge is -2.26. The first kappa shape index (κ1) is 22.6.